The first-order valence-corrected chi connectivity index (χ1v) is 19.2. The van der Waals surface area contributed by atoms with Crippen LogP contribution in [-0.2, 0) is 0 Å². The van der Waals surface area contributed by atoms with Crippen molar-refractivity contribution in [2.75, 3.05) is 4.90 Å². The van der Waals surface area contributed by atoms with Gasteiger partial charge in [-0.05, 0) is 98.9 Å². The minimum Gasteiger partial charge on any atom is -0.455 e. The lowest BCUT2D eigenvalue weighted by Crippen LogP contribution is -2.10. The molecule has 0 spiro atoms. The van der Waals surface area contributed by atoms with Gasteiger partial charge in [0, 0.05) is 53.1 Å². The maximum atomic E-state index is 9.93. The highest BCUT2D eigenvalue weighted by atomic mass is 32.1. The van der Waals surface area contributed by atoms with Crippen molar-refractivity contribution in [2.45, 2.75) is 0 Å². The minimum atomic E-state index is -1.09. The summed E-state index contributed by atoms with van der Waals surface area (Å²) in [5, 5.41) is 0.420. The van der Waals surface area contributed by atoms with Gasteiger partial charge in [0.2, 0.25) is 0 Å². The Bertz CT molecular complexity index is 5210. The van der Waals surface area contributed by atoms with Crippen molar-refractivity contribution in [3.05, 3.63) is 224 Å². The number of hydrogen-bond donors (Lipinski definition) is 0. The number of benzene rings is 10. The van der Waals surface area contributed by atoms with Gasteiger partial charge in [0.15, 0.2) is 0 Å². The number of thiophene rings is 1. The predicted molar refractivity (Wildman–Crippen MR) is 261 cm³/mol. The summed E-state index contributed by atoms with van der Waals surface area (Å²) in [6.45, 7) is 0. The van der Waals surface area contributed by atoms with Crippen LogP contribution in [0.4, 0.5) is 17.1 Å². The molecule has 0 N–H and O–H groups in total. The third-order valence-corrected chi connectivity index (χ3v) is 10.9. The Morgan fingerprint density at radius 1 is 0.410 bits per heavy atom. The van der Waals surface area contributed by atoms with E-state index in [0.29, 0.717) is 0 Å². The van der Waals surface area contributed by atoms with Crippen molar-refractivity contribution in [3.63, 3.8) is 0 Å². The van der Waals surface area contributed by atoms with Crippen molar-refractivity contribution in [1.82, 2.24) is 0 Å². The van der Waals surface area contributed by atoms with E-state index >= 15 is 0 Å². The molecule has 61 heavy (non-hydrogen) atoms. The Morgan fingerprint density at radius 3 is 1.70 bits per heavy atom. The van der Waals surface area contributed by atoms with E-state index in [0.717, 1.165) is 16.2 Å². The van der Waals surface area contributed by atoms with Crippen LogP contribution in [-0.4, -0.2) is 0 Å². The Hall–Kier alpha value is -7.72. The van der Waals surface area contributed by atoms with Crippen LogP contribution < -0.4 is 4.90 Å². The first-order valence-electron chi connectivity index (χ1n) is 32.9. The molecule has 0 saturated carbocycles. The number of hydrogen-bond acceptors (Lipinski definition) is 3. The van der Waals surface area contributed by atoms with Gasteiger partial charge >= 0.3 is 0 Å². The summed E-state index contributed by atoms with van der Waals surface area (Å²) in [5.74, 6) is 0. The van der Waals surface area contributed by atoms with E-state index in [2.05, 4.69) is 0 Å². The number of fused-ring (bicyclic) bond motifs is 8. The van der Waals surface area contributed by atoms with Gasteiger partial charge in [-0.3, -0.25) is 0 Å². The molecular formula is C58H37NOS. The van der Waals surface area contributed by atoms with Gasteiger partial charge in [0.05, 0.1) is 45.4 Å². The molecule has 12 aromatic rings. The van der Waals surface area contributed by atoms with Crippen LogP contribution >= 0.6 is 11.3 Å². The molecular weight excluding hydrogens is 759 g/mol. The number of furan rings is 1. The van der Waals surface area contributed by atoms with Gasteiger partial charge in [0.1, 0.15) is 11.2 Å². The molecule has 0 amide bonds. The third kappa shape index (κ3) is 6.09. The zero-order valence-corrected chi connectivity index (χ0v) is 31.7. The topological polar surface area (TPSA) is 16.4 Å². The average Bonchev–Trinajstić information content (AvgIpc) is 1.23. The minimum absolute atomic E-state index is 0.0424. The highest BCUT2D eigenvalue weighted by Crippen LogP contribution is 2.47. The van der Waals surface area contributed by atoms with Gasteiger partial charge in [-0.15, -0.1) is 11.3 Å². The third-order valence-electron chi connectivity index (χ3n) is 9.92. The average molecular weight is 825 g/mol. The molecule has 10 aromatic carbocycles. The molecule has 12 rings (SSSR count). The molecule has 0 aliphatic carbocycles. The fraction of sp³-hybridized carbons (Fsp3) is 0. The quantitative estimate of drug-likeness (QED) is 0.159. The Balaban J connectivity index is 1.21. The summed E-state index contributed by atoms with van der Waals surface area (Å²) in [5.41, 5.74) is -6.52. The zero-order valence-electron chi connectivity index (χ0n) is 59.9. The molecule has 0 atom stereocenters. The molecule has 286 valence electrons. The summed E-state index contributed by atoms with van der Waals surface area (Å²) in [6.07, 6.45) is 0. The van der Waals surface area contributed by atoms with E-state index in [1.54, 1.807) is 24.3 Å². The van der Waals surface area contributed by atoms with Gasteiger partial charge in [0.25, 0.3) is 0 Å². The number of anilines is 3. The second-order valence-electron chi connectivity index (χ2n) is 13.4. The smallest absolute Gasteiger partial charge is 0.143 e. The molecule has 0 radical (unpaired) electrons. The second kappa shape index (κ2) is 14.5. The SMILES string of the molecule is [2H]c1c([2H])c([2H])c(-c2c([2H])c([2H])c(N(c3c([2H])c([2H])c(-c4c([2H])c([2H])c([2H])c(-c5c([2H])c([2H])c([2H])c([2H])c5[2H])c4[2H])c([2H])c3[2H])c3cc4c(oc5cccc(-c6c([2H])c([2H])c7c(sc8c([2H])c([2H])c([2H])c([2H])c87)c6[2H])c54)c4ccccc34)c([2H])c2[2H])c([2H])c1[2H]. The van der Waals surface area contributed by atoms with Crippen LogP contribution in [0.1, 0.15) is 39.8 Å². The molecule has 0 aliphatic rings. The molecule has 3 heteroatoms. The van der Waals surface area contributed by atoms with Crippen molar-refractivity contribution in [3.8, 4) is 44.5 Å². The van der Waals surface area contributed by atoms with Gasteiger partial charge in [-0.2, -0.15) is 0 Å². The molecule has 2 nitrogen and oxygen atoms in total. The van der Waals surface area contributed by atoms with Crippen LogP contribution in [0.5, 0.6) is 0 Å². The summed E-state index contributed by atoms with van der Waals surface area (Å²) >= 11 is 0.830. The lowest BCUT2D eigenvalue weighted by Gasteiger charge is -2.27. The number of nitrogens with zero attached hydrogens (tertiary/aromatic N) is 1. The van der Waals surface area contributed by atoms with Crippen LogP contribution in [0.15, 0.2) is 228 Å². The standard InChI is InChI=1S/C58H37NOS/c1-3-13-38(14-4-1)40-25-30-45(31-26-40)59(46-32-27-41(28-33-46)43-18-11-17-42(35-43)39-15-5-2-6-16-39)53-37-52-57-47(22-12-23-54(57)60-58(52)51-21-8-7-19-48(51)53)44-29-34-50-49-20-9-10-24-55(49)61-56(50)36-44/h1-37H/i1D,2D,3D,4D,5D,6D,9D,10D,11D,13D,14D,15D,16D,17D,18D,20D,24D,25D,26D,27D,28D,29D,30D,31D,32D,33D,34D,35D,36D. The van der Waals surface area contributed by atoms with Crippen LogP contribution in [0.3, 0.4) is 0 Å². The van der Waals surface area contributed by atoms with Crippen molar-refractivity contribution < 1.29 is 44.2 Å². The highest BCUT2D eigenvalue weighted by molar-refractivity contribution is 7.25. The van der Waals surface area contributed by atoms with Crippen LogP contribution in [0, 0.1) is 0 Å². The Morgan fingerprint density at radius 2 is 0.984 bits per heavy atom. The normalized spacial score (nSPS) is 18.3. The fourth-order valence-corrected chi connectivity index (χ4v) is 8.21. The molecule has 0 bridgehead atoms. The summed E-state index contributed by atoms with van der Waals surface area (Å²) in [6, 6.07) is -12.4. The second-order valence-corrected chi connectivity index (χ2v) is 14.4. The molecule has 2 heterocycles. The highest BCUT2D eigenvalue weighted by Gasteiger charge is 2.22. The molecule has 0 fully saturated rings. The fourth-order valence-electron chi connectivity index (χ4n) is 7.24. The number of rotatable bonds is 7. The lowest BCUT2D eigenvalue weighted by atomic mass is 9.96. The predicted octanol–water partition coefficient (Wildman–Crippen LogP) is 17.2. The van der Waals surface area contributed by atoms with E-state index in [4.69, 9.17) is 27.7 Å². The van der Waals surface area contributed by atoms with Crippen LogP contribution in [0.25, 0.3) is 97.4 Å². The maximum Gasteiger partial charge on any atom is 0.143 e. The first kappa shape index (κ1) is 16.7. The van der Waals surface area contributed by atoms with Crippen LogP contribution in [0.2, 0.25) is 0 Å². The van der Waals surface area contributed by atoms with E-state index in [1.165, 1.54) is 24.3 Å². The Labute approximate surface area is 398 Å². The van der Waals surface area contributed by atoms with Gasteiger partial charge in [-0.25, -0.2) is 0 Å². The lowest BCUT2D eigenvalue weighted by molar-refractivity contribution is 0.673. The van der Waals surface area contributed by atoms with Crippen molar-refractivity contribution in [1.29, 1.82) is 0 Å². The summed E-state index contributed by atoms with van der Waals surface area (Å²) < 4.78 is 268. The summed E-state index contributed by atoms with van der Waals surface area (Å²) in [4.78, 5) is 0.860. The van der Waals surface area contributed by atoms with E-state index in [1.807, 2.05) is 0 Å². The van der Waals surface area contributed by atoms with Gasteiger partial charge in [-0.1, -0.05) is 169 Å². The summed E-state index contributed by atoms with van der Waals surface area (Å²) in [7, 11) is 0. The molecule has 0 saturated heterocycles. The molecule has 0 unspecified atom stereocenters. The van der Waals surface area contributed by atoms with Gasteiger partial charge < -0.3 is 9.32 Å². The molecule has 2 aromatic heterocycles. The zero-order chi connectivity index (χ0) is 65.5. The van der Waals surface area contributed by atoms with Crippen molar-refractivity contribution in [2.24, 2.45) is 0 Å². The Kier molecular flexibility index (Phi) is 3.99. The van der Waals surface area contributed by atoms with Crippen molar-refractivity contribution >= 4 is 81.3 Å². The first-order chi connectivity index (χ1) is 42.3. The monoisotopic (exact) mass is 824 g/mol. The van der Waals surface area contributed by atoms with E-state index in [-0.39, 0.29) is 75.7 Å². The van der Waals surface area contributed by atoms with E-state index in [9.17, 15) is 16.4 Å². The van der Waals surface area contributed by atoms with E-state index < -0.39 is 214 Å². The largest absolute Gasteiger partial charge is 0.455 e. The maximum absolute atomic E-state index is 9.93. The molecule has 0 aliphatic heterocycles.